The lowest BCUT2D eigenvalue weighted by Gasteiger charge is -2.04. The Morgan fingerprint density at radius 1 is 1.15 bits per heavy atom. The molecule has 1 amide bonds. The highest BCUT2D eigenvalue weighted by Gasteiger charge is 2.09. The lowest BCUT2D eigenvalue weighted by Crippen LogP contribution is -2.13. The molecule has 0 atom stereocenters. The lowest BCUT2D eigenvalue weighted by atomic mass is 10.2. The van der Waals surface area contributed by atoms with Crippen LogP contribution in [0, 0.1) is 6.92 Å². The molecular formula is C18H18N4O2S2. The minimum atomic E-state index is -0.0728. The summed E-state index contributed by atoms with van der Waals surface area (Å²) in [5, 5.41) is 14.9. The maximum Gasteiger partial charge on any atom is 0.234 e. The molecule has 3 aromatic rings. The number of nitrogens with zero attached hydrogens (tertiary/aromatic N) is 2. The van der Waals surface area contributed by atoms with Crippen LogP contribution in [0.25, 0.3) is 0 Å². The van der Waals surface area contributed by atoms with Crippen molar-refractivity contribution >= 4 is 45.5 Å². The van der Waals surface area contributed by atoms with Gasteiger partial charge in [0.15, 0.2) is 4.34 Å². The highest BCUT2D eigenvalue weighted by molar-refractivity contribution is 8.01. The monoisotopic (exact) mass is 386 g/mol. The van der Waals surface area contributed by atoms with Crippen LogP contribution in [0.4, 0.5) is 16.5 Å². The third-order valence-electron chi connectivity index (χ3n) is 3.39. The number of benzene rings is 2. The molecule has 0 radical (unpaired) electrons. The van der Waals surface area contributed by atoms with Gasteiger partial charge >= 0.3 is 0 Å². The number of thioether (sulfide) groups is 1. The number of ether oxygens (including phenoxy) is 1. The van der Waals surface area contributed by atoms with E-state index in [4.69, 9.17) is 4.74 Å². The van der Waals surface area contributed by atoms with E-state index in [0.717, 1.165) is 27.0 Å². The number of carbonyl (C=O) groups excluding carboxylic acids is 1. The van der Waals surface area contributed by atoms with Gasteiger partial charge in [0.25, 0.3) is 0 Å². The van der Waals surface area contributed by atoms with Gasteiger partial charge in [0.1, 0.15) is 5.75 Å². The van der Waals surface area contributed by atoms with E-state index in [2.05, 4.69) is 20.8 Å². The van der Waals surface area contributed by atoms with E-state index in [9.17, 15) is 4.79 Å². The molecule has 26 heavy (non-hydrogen) atoms. The number of amides is 1. The van der Waals surface area contributed by atoms with E-state index in [1.54, 1.807) is 7.11 Å². The summed E-state index contributed by atoms with van der Waals surface area (Å²) in [6, 6.07) is 15.3. The molecule has 0 saturated carbocycles. The van der Waals surface area contributed by atoms with E-state index in [1.165, 1.54) is 23.1 Å². The van der Waals surface area contributed by atoms with Crippen LogP contribution in [-0.2, 0) is 4.79 Å². The van der Waals surface area contributed by atoms with Crippen LogP contribution < -0.4 is 15.4 Å². The van der Waals surface area contributed by atoms with Crippen molar-refractivity contribution in [3.8, 4) is 5.75 Å². The Kier molecular flexibility index (Phi) is 6.08. The standard InChI is InChI=1S/C18H18N4O2S2/c1-12-6-8-13(9-7-12)19-16(23)11-25-18-22-21-17(26-18)20-14-4-3-5-15(10-14)24-2/h3-10H,11H2,1-2H3,(H,19,23)(H,20,21). The van der Waals surface area contributed by atoms with Crippen molar-refractivity contribution in [1.29, 1.82) is 0 Å². The third-order valence-corrected chi connectivity index (χ3v) is 5.36. The summed E-state index contributed by atoms with van der Waals surface area (Å²) >= 11 is 2.76. The molecule has 0 aliphatic rings. The molecule has 0 unspecified atom stereocenters. The fraction of sp³-hybridized carbons (Fsp3) is 0.167. The van der Waals surface area contributed by atoms with Crippen molar-refractivity contribution in [2.45, 2.75) is 11.3 Å². The molecule has 0 bridgehead atoms. The van der Waals surface area contributed by atoms with Crippen molar-refractivity contribution in [2.24, 2.45) is 0 Å². The molecule has 0 aliphatic carbocycles. The van der Waals surface area contributed by atoms with E-state index < -0.39 is 0 Å². The molecule has 6 nitrogen and oxygen atoms in total. The Morgan fingerprint density at radius 3 is 2.73 bits per heavy atom. The average Bonchev–Trinajstić information content (AvgIpc) is 3.09. The first kappa shape index (κ1) is 18.2. The molecule has 3 rings (SSSR count). The molecule has 0 saturated heterocycles. The molecule has 134 valence electrons. The van der Waals surface area contributed by atoms with Crippen molar-refractivity contribution in [3.63, 3.8) is 0 Å². The molecule has 1 heterocycles. The van der Waals surface area contributed by atoms with Crippen LogP contribution >= 0.6 is 23.1 Å². The van der Waals surface area contributed by atoms with Crippen molar-refractivity contribution < 1.29 is 9.53 Å². The second kappa shape index (κ2) is 8.68. The van der Waals surface area contributed by atoms with Gasteiger partial charge in [-0.25, -0.2) is 0 Å². The SMILES string of the molecule is COc1cccc(Nc2nnc(SCC(=O)Nc3ccc(C)cc3)s2)c1. The molecule has 2 aromatic carbocycles. The summed E-state index contributed by atoms with van der Waals surface area (Å²) in [5.41, 5.74) is 2.82. The van der Waals surface area contributed by atoms with Gasteiger partial charge < -0.3 is 15.4 Å². The fourth-order valence-corrected chi connectivity index (χ4v) is 3.68. The highest BCUT2D eigenvalue weighted by Crippen LogP contribution is 2.28. The number of rotatable bonds is 7. The highest BCUT2D eigenvalue weighted by atomic mass is 32.2. The lowest BCUT2D eigenvalue weighted by molar-refractivity contribution is -0.113. The number of hydrogen-bond donors (Lipinski definition) is 2. The van der Waals surface area contributed by atoms with Gasteiger partial charge in [0, 0.05) is 17.4 Å². The predicted molar refractivity (Wildman–Crippen MR) is 107 cm³/mol. The molecule has 1 aromatic heterocycles. The Hall–Kier alpha value is -2.58. The Labute approximate surface area is 160 Å². The number of aryl methyl sites for hydroxylation is 1. The van der Waals surface area contributed by atoms with Crippen LogP contribution in [0.5, 0.6) is 5.75 Å². The van der Waals surface area contributed by atoms with E-state index in [1.807, 2.05) is 55.5 Å². The molecule has 8 heteroatoms. The minimum absolute atomic E-state index is 0.0728. The zero-order chi connectivity index (χ0) is 18.4. The Morgan fingerprint density at radius 2 is 1.96 bits per heavy atom. The number of aromatic nitrogens is 2. The van der Waals surface area contributed by atoms with Gasteiger partial charge in [-0.15, -0.1) is 10.2 Å². The summed E-state index contributed by atoms with van der Waals surface area (Å²) in [4.78, 5) is 12.0. The summed E-state index contributed by atoms with van der Waals surface area (Å²) in [6.45, 7) is 2.01. The van der Waals surface area contributed by atoms with Gasteiger partial charge in [0.2, 0.25) is 11.0 Å². The zero-order valence-corrected chi connectivity index (χ0v) is 16.0. The van der Waals surface area contributed by atoms with Crippen LogP contribution in [0.3, 0.4) is 0 Å². The third kappa shape index (κ3) is 5.21. The van der Waals surface area contributed by atoms with E-state index >= 15 is 0 Å². The van der Waals surface area contributed by atoms with Gasteiger partial charge in [-0.1, -0.05) is 46.9 Å². The van der Waals surface area contributed by atoms with Gasteiger partial charge in [-0.3, -0.25) is 4.79 Å². The van der Waals surface area contributed by atoms with Crippen LogP contribution in [0.2, 0.25) is 0 Å². The normalized spacial score (nSPS) is 10.4. The van der Waals surface area contributed by atoms with Crippen LogP contribution in [0.1, 0.15) is 5.56 Å². The maximum atomic E-state index is 12.0. The first-order valence-corrected chi connectivity index (χ1v) is 9.66. The predicted octanol–water partition coefficient (Wildman–Crippen LogP) is 4.33. The largest absolute Gasteiger partial charge is 0.497 e. The summed E-state index contributed by atoms with van der Waals surface area (Å²) < 4.78 is 5.93. The van der Waals surface area contributed by atoms with Crippen LogP contribution in [-0.4, -0.2) is 29.0 Å². The Balaban J connectivity index is 1.51. The second-order valence-electron chi connectivity index (χ2n) is 5.43. The first-order chi connectivity index (χ1) is 12.6. The molecule has 0 spiro atoms. The number of nitrogens with one attached hydrogen (secondary N) is 2. The molecule has 0 fully saturated rings. The molecular weight excluding hydrogens is 368 g/mol. The Bertz CT molecular complexity index is 881. The van der Waals surface area contributed by atoms with E-state index in [-0.39, 0.29) is 11.7 Å². The first-order valence-electron chi connectivity index (χ1n) is 7.86. The quantitative estimate of drug-likeness (QED) is 0.589. The minimum Gasteiger partial charge on any atom is -0.497 e. The topological polar surface area (TPSA) is 76.1 Å². The number of carbonyl (C=O) groups is 1. The zero-order valence-electron chi connectivity index (χ0n) is 14.4. The number of anilines is 3. The van der Waals surface area contributed by atoms with Gasteiger partial charge in [-0.2, -0.15) is 0 Å². The van der Waals surface area contributed by atoms with Crippen molar-refractivity contribution in [2.75, 3.05) is 23.5 Å². The second-order valence-corrected chi connectivity index (χ2v) is 7.63. The smallest absolute Gasteiger partial charge is 0.234 e. The number of hydrogen-bond acceptors (Lipinski definition) is 7. The summed E-state index contributed by atoms with van der Waals surface area (Å²) in [5.74, 6) is 0.972. The molecule has 0 aliphatic heterocycles. The van der Waals surface area contributed by atoms with Crippen LogP contribution in [0.15, 0.2) is 52.9 Å². The van der Waals surface area contributed by atoms with E-state index in [0.29, 0.717) is 5.13 Å². The average molecular weight is 387 g/mol. The van der Waals surface area contributed by atoms with Gasteiger partial charge in [0.05, 0.1) is 12.9 Å². The summed E-state index contributed by atoms with van der Waals surface area (Å²) in [7, 11) is 1.63. The number of methoxy groups -OCH3 is 1. The molecule has 2 N–H and O–H groups in total. The fourth-order valence-electron chi connectivity index (χ4n) is 2.10. The van der Waals surface area contributed by atoms with Crippen molar-refractivity contribution in [3.05, 3.63) is 54.1 Å². The van der Waals surface area contributed by atoms with Crippen molar-refractivity contribution in [1.82, 2.24) is 10.2 Å². The summed E-state index contributed by atoms with van der Waals surface area (Å²) in [6.07, 6.45) is 0. The maximum absolute atomic E-state index is 12.0. The van der Waals surface area contributed by atoms with Gasteiger partial charge in [-0.05, 0) is 31.2 Å².